The van der Waals surface area contributed by atoms with E-state index in [2.05, 4.69) is 6.92 Å². The number of hydrogen-bond donors (Lipinski definition) is 1. The number of rotatable bonds is 16. The maximum absolute atomic E-state index is 10.2. The van der Waals surface area contributed by atoms with Crippen molar-refractivity contribution in [1.29, 1.82) is 0 Å². The van der Waals surface area contributed by atoms with E-state index < -0.39 is 5.97 Å². The van der Waals surface area contributed by atoms with E-state index in [1.807, 2.05) is 0 Å². The van der Waals surface area contributed by atoms with Crippen LogP contribution in [0, 0.1) is 0 Å². The van der Waals surface area contributed by atoms with Gasteiger partial charge in [-0.2, -0.15) is 0 Å². The van der Waals surface area contributed by atoms with Crippen LogP contribution in [0.5, 0.6) is 0 Å². The molecule has 0 aliphatic carbocycles. The van der Waals surface area contributed by atoms with Gasteiger partial charge in [0.1, 0.15) is 6.61 Å². The summed E-state index contributed by atoms with van der Waals surface area (Å²) in [6.07, 6.45) is 13.2. The third-order valence-corrected chi connectivity index (χ3v) is 3.24. The molecule has 0 saturated carbocycles. The Morgan fingerprint density at radius 2 is 1.24 bits per heavy atom. The topological polar surface area (TPSA) is 55.8 Å². The van der Waals surface area contributed by atoms with E-state index in [1.165, 1.54) is 57.8 Å². The number of carboxylic acid groups (broad SMARTS) is 1. The molecular formula is C16H32NaO4. The van der Waals surface area contributed by atoms with Crippen LogP contribution in [0.2, 0.25) is 0 Å². The molecule has 121 valence electrons. The fraction of sp³-hybridized carbons (Fsp3) is 0.938. The zero-order valence-corrected chi connectivity index (χ0v) is 16.1. The Kier molecular flexibility index (Phi) is 23.0. The second kappa shape index (κ2) is 20.4. The van der Waals surface area contributed by atoms with Crippen LogP contribution in [-0.2, 0) is 14.3 Å². The molecule has 0 aliphatic rings. The fourth-order valence-electron chi connectivity index (χ4n) is 2.07. The van der Waals surface area contributed by atoms with Crippen LogP contribution < -0.4 is 0 Å². The van der Waals surface area contributed by atoms with Crippen molar-refractivity contribution in [2.45, 2.75) is 71.1 Å². The van der Waals surface area contributed by atoms with Gasteiger partial charge in [0.2, 0.25) is 0 Å². The van der Waals surface area contributed by atoms with Crippen LogP contribution in [0.15, 0.2) is 0 Å². The first-order chi connectivity index (χ1) is 9.77. The largest absolute Gasteiger partial charge is 0.480 e. The second-order valence-electron chi connectivity index (χ2n) is 5.24. The van der Waals surface area contributed by atoms with Gasteiger partial charge < -0.3 is 14.6 Å². The third-order valence-electron chi connectivity index (χ3n) is 3.24. The number of carbonyl (C=O) groups is 1. The van der Waals surface area contributed by atoms with Crippen LogP contribution in [-0.4, -0.2) is 67.1 Å². The van der Waals surface area contributed by atoms with Gasteiger partial charge in [0.15, 0.2) is 0 Å². The molecule has 21 heavy (non-hydrogen) atoms. The molecular weight excluding hydrogens is 279 g/mol. The van der Waals surface area contributed by atoms with Crippen LogP contribution in [0.4, 0.5) is 0 Å². The summed E-state index contributed by atoms with van der Waals surface area (Å²) in [5.41, 5.74) is 0. The van der Waals surface area contributed by atoms with Gasteiger partial charge in [-0.15, -0.1) is 0 Å². The first kappa shape index (κ1) is 23.7. The monoisotopic (exact) mass is 311 g/mol. The predicted molar refractivity (Wildman–Crippen MR) is 86.9 cm³/mol. The predicted octanol–water partition coefficient (Wildman–Crippen LogP) is 3.64. The molecule has 1 N–H and O–H groups in total. The molecule has 0 fully saturated rings. The SMILES string of the molecule is CCCCCCCCCCCCOCCOCC(=O)O.[Na]. The van der Waals surface area contributed by atoms with Crippen molar-refractivity contribution < 1.29 is 19.4 Å². The van der Waals surface area contributed by atoms with Gasteiger partial charge in [0.05, 0.1) is 13.2 Å². The van der Waals surface area contributed by atoms with Gasteiger partial charge in [-0.3, -0.25) is 0 Å². The summed E-state index contributed by atoms with van der Waals surface area (Å²) in [4.78, 5) is 10.2. The van der Waals surface area contributed by atoms with Crippen molar-refractivity contribution >= 4 is 35.5 Å². The molecule has 0 saturated heterocycles. The summed E-state index contributed by atoms with van der Waals surface area (Å²) in [5.74, 6) is -0.931. The maximum atomic E-state index is 10.2. The summed E-state index contributed by atoms with van der Waals surface area (Å²) < 4.78 is 10.2. The van der Waals surface area contributed by atoms with Crippen LogP contribution in [0.3, 0.4) is 0 Å². The third kappa shape index (κ3) is 22.8. The van der Waals surface area contributed by atoms with Gasteiger partial charge in [0, 0.05) is 36.2 Å². The molecule has 0 unspecified atom stereocenters. The van der Waals surface area contributed by atoms with Crippen molar-refractivity contribution in [3.63, 3.8) is 0 Å². The Morgan fingerprint density at radius 1 is 0.762 bits per heavy atom. The van der Waals surface area contributed by atoms with Gasteiger partial charge in [-0.1, -0.05) is 64.7 Å². The summed E-state index contributed by atoms with van der Waals surface area (Å²) in [6.45, 7) is 3.63. The van der Waals surface area contributed by atoms with E-state index >= 15 is 0 Å². The number of unbranched alkanes of at least 4 members (excludes halogenated alkanes) is 9. The standard InChI is InChI=1S/C16H32O4.Na/c1-2-3-4-5-6-7-8-9-10-11-12-19-13-14-20-15-16(17)18;/h2-15H2,1H3,(H,17,18);. The quantitative estimate of drug-likeness (QED) is 0.349. The first-order valence-corrected chi connectivity index (χ1v) is 8.14. The van der Waals surface area contributed by atoms with Crippen LogP contribution >= 0.6 is 0 Å². The Bertz CT molecular complexity index is 212. The molecule has 0 bridgehead atoms. The van der Waals surface area contributed by atoms with Gasteiger partial charge in [-0.05, 0) is 6.42 Å². The van der Waals surface area contributed by atoms with Gasteiger partial charge in [0.25, 0.3) is 0 Å². The molecule has 0 rings (SSSR count). The average molecular weight is 311 g/mol. The smallest absolute Gasteiger partial charge is 0.329 e. The molecule has 0 aliphatic heterocycles. The Labute approximate surface area is 152 Å². The molecule has 0 atom stereocenters. The minimum absolute atomic E-state index is 0. The van der Waals surface area contributed by atoms with E-state index in [0.29, 0.717) is 13.2 Å². The normalized spacial score (nSPS) is 10.3. The number of ether oxygens (including phenoxy) is 2. The summed E-state index contributed by atoms with van der Waals surface area (Å²) in [5, 5.41) is 8.35. The van der Waals surface area contributed by atoms with Crippen molar-refractivity contribution in [2.75, 3.05) is 26.4 Å². The number of aliphatic carboxylic acids is 1. The van der Waals surface area contributed by atoms with Crippen LogP contribution in [0.25, 0.3) is 0 Å². The van der Waals surface area contributed by atoms with E-state index in [4.69, 9.17) is 14.6 Å². The van der Waals surface area contributed by atoms with Crippen LogP contribution in [0.1, 0.15) is 71.1 Å². The Balaban J connectivity index is 0. The molecule has 1 radical (unpaired) electrons. The first-order valence-electron chi connectivity index (χ1n) is 8.14. The molecule has 0 aromatic heterocycles. The number of carboxylic acids is 1. The molecule has 0 aromatic carbocycles. The maximum Gasteiger partial charge on any atom is 0.329 e. The molecule has 4 nitrogen and oxygen atoms in total. The Hall–Kier alpha value is 0.390. The van der Waals surface area contributed by atoms with Crippen molar-refractivity contribution in [2.24, 2.45) is 0 Å². The zero-order valence-electron chi connectivity index (χ0n) is 14.1. The van der Waals surface area contributed by atoms with Crippen molar-refractivity contribution in [1.82, 2.24) is 0 Å². The molecule has 0 aromatic rings. The van der Waals surface area contributed by atoms with E-state index in [-0.39, 0.29) is 36.2 Å². The zero-order chi connectivity index (χ0) is 14.9. The van der Waals surface area contributed by atoms with E-state index in [1.54, 1.807) is 0 Å². The summed E-state index contributed by atoms with van der Waals surface area (Å²) in [7, 11) is 0. The molecule has 0 spiro atoms. The fourth-order valence-corrected chi connectivity index (χ4v) is 2.07. The van der Waals surface area contributed by atoms with E-state index in [0.717, 1.165) is 13.0 Å². The summed E-state index contributed by atoms with van der Waals surface area (Å²) in [6, 6.07) is 0. The van der Waals surface area contributed by atoms with Crippen molar-refractivity contribution in [3.05, 3.63) is 0 Å². The second-order valence-corrected chi connectivity index (χ2v) is 5.24. The van der Waals surface area contributed by atoms with Crippen molar-refractivity contribution in [3.8, 4) is 0 Å². The Morgan fingerprint density at radius 3 is 1.76 bits per heavy atom. The molecule has 0 heterocycles. The molecule has 0 amide bonds. The van der Waals surface area contributed by atoms with Gasteiger partial charge in [-0.25, -0.2) is 4.79 Å². The minimum atomic E-state index is -0.931. The summed E-state index contributed by atoms with van der Waals surface area (Å²) >= 11 is 0. The van der Waals surface area contributed by atoms with Gasteiger partial charge >= 0.3 is 5.97 Å². The average Bonchev–Trinajstić information content (AvgIpc) is 2.43. The number of hydrogen-bond acceptors (Lipinski definition) is 3. The minimum Gasteiger partial charge on any atom is -0.480 e. The molecule has 5 heteroatoms. The van der Waals surface area contributed by atoms with E-state index in [9.17, 15) is 4.79 Å².